The number of methoxy groups -OCH3 is 1. The van der Waals surface area contributed by atoms with E-state index in [1.54, 1.807) is 42.6 Å². The summed E-state index contributed by atoms with van der Waals surface area (Å²) in [4.78, 5) is 32.2. The second kappa shape index (κ2) is 14.7. The summed E-state index contributed by atoms with van der Waals surface area (Å²) in [5.74, 6) is -5.96. The number of amides is 2. The van der Waals surface area contributed by atoms with E-state index in [1.165, 1.54) is 13.2 Å². The lowest BCUT2D eigenvalue weighted by Crippen LogP contribution is -2.39. The van der Waals surface area contributed by atoms with E-state index in [-0.39, 0.29) is 43.3 Å². The van der Waals surface area contributed by atoms with Gasteiger partial charge in [0.2, 0.25) is 11.8 Å². The van der Waals surface area contributed by atoms with Gasteiger partial charge in [0, 0.05) is 29.3 Å². The maximum absolute atomic E-state index is 13.8. The van der Waals surface area contributed by atoms with Gasteiger partial charge in [-0.3, -0.25) is 14.6 Å². The molecule has 0 saturated carbocycles. The number of carbonyl (C=O) groups is 2. The lowest BCUT2D eigenvalue weighted by atomic mass is 9.68. The molecule has 2 heterocycles. The third-order valence-corrected chi connectivity index (χ3v) is 9.38. The molecule has 50 heavy (non-hydrogen) atoms. The number of aromatic hydroxyl groups is 1. The second-order valence-corrected chi connectivity index (χ2v) is 13.0. The largest absolute Gasteiger partial charge is 0.507 e. The molecule has 2 aromatic carbocycles. The summed E-state index contributed by atoms with van der Waals surface area (Å²) >= 11 is 3.37. The number of aliphatic hydroxyl groups excluding tert-OH is 2. The van der Waals surface area contributed by atoms with E-state index in [4.69, 9.17) is 4.74 Å². The average Bonchev–Trinajstić information content (AvgIpc) is 3.31. The summed E-state index contributed by atoms with van der Waals surface area (Å²) < 4.78 is 87.9. The van der Waals surface area contributed by atoms with Gasteiger partial charge in [-0.1, -0.05) is 22.0 Å². The van der Waals surface area contributed by atoms with E-state index in [1.807, 2.05) is 0 Å². The van der Waals surface area contributed by atoms with Crippen molar-refractivity contribution >= 4 is 45.1 Å². The number of phenols is 1. The van der Waals surface area contributed by atoms with Crippen LogP contribution in [0.25, 0.3) is 11.6 Å². The van der Waals surface area contributed by atoms with Crippen molar-refractivity contribution in [3.05, 3.63) is 98.8 Å². The molecule has 1 aliphatic carbocycles. The van der Waals surface area contributed by atoms with Crippen molar-refractivity contribution in [1.82, 2.24) is 4.98 Å². The van der Waals surface area contributed by atoms with Crippen LogP contribution in [0.15, 0.2) is 76.4 Å². The Hall–Kier alpha value is -4.05. The summed E-state index contributed by atoms with van der Waals surface area (Å²) in [5.41, 5.74) is -2.10. The molecule has 0 unspecified atom stereocenters. The number of halogens is 7. The molecule has 0 spiro atoms. The summed E-state index contributed by atoms with van der Waals surface area (Å²) in [6.07, 6.45) is -8.52. The molecule has 0 radical (unpaired) electrons. The molecule has 0 bridgehead atoms. The number of hydrogen-bond acceptors (Lipinski definition) is 7. The lowest BCUT2D eigenvalue weighted by molar-refractivity contribution is -0.143. The fourth-order valence-corrected chi connectivity index (χ4v) is 7.07. The molecule has 3 aromatic rings. The SMILES string of the molecule is COCC1=C([C@H](O)CC/C(=C/c2cc(Br)ccc2O)c2ccccn2)[C@H](CO)[C@@H]2C(=O)N(c3cc(C(F)(F)F)cc(C(F)(F)F)c3)C(=O)[C@@H]2C1. The van der Waals surface area contributed by atoms with Crippen molar-refractivity contribution < 1.29 is 56.0 Å². The number of benzene rings is 2. The number of imide groups is 1. The minimum atomic E-state index is -5.22. The number of hydrogen-bond donors (Lipinski definition) is 3. The van der Waals surface area contributed by atoms with Crippen molar-refractivity contribution in [3.8, 4) is 5.75 Å². The van der Waals surface area contributed by atoms with Gasteiger partial charge in [-0.15, -0.1) is 0 Å². The quantitative estimate of drug-likeness (QED) is 0.115. The number of fused-ring (bicyclic) bond motifs is 1. The molecule has 4 atom stereocenters. The number of aromatic nitrogens is 1. The summed E-state index contributed by atoms with van der Waals surface area (Å²) in [5, 5.41) is 32.7. The Balaban J connectivity index is 1.50. The Kier molecular flexibility index (Phi) is 10.9. The summed E-state index contributed by atoms with van der Waals surface area (Å²) in [6, 6.07) is 10.6. The highest BCUT2D eigenvalue weighted by Crippen LogP contribution is 2.49. The lowest BCUT2D eigenvalue weighted by Gasteiger charge is -2.36. The molecule has 1 aromatic heterocycles. The predicted octanol–water partition coefficient (Wildman–Crippen LogP) is 7.03. The number of aliphatic hydroxyl groups is 2. The number of alkyl halides is 6. The van der Waals surface area contributed by atoms with Crippen molar-refractivity contribution in [2.45, 2.75) is 37.7 Å². The topological polar surface area (TPSA) is 120 Å². The number of pyridine rings is 1. The van der Waals surface area contributed by atoms with Gasteiger partial charge in [-0.05, 0) is 90.6 Å². The van der Waals surface area contributed by atoms with Gasteiger partial charge in [0.05, 0.1) is 53.7 Å². The van der Waals surface area contributed by atoms with Gasteiger partial charge >= 0.3 is 12.4 Å². The molecule has 1 aliphatic heterocycles. The standard InChI is InChI=1S/C35H31BrF6N2O6/c1-50-17-20-12-25-31(33(49)44(32(25)48)24-14-21(34(37,38)39)13-22(15-24)35(40,41)42)26(16-45)30(20)29(47)7-5-18(27-4-2-3-9-43-27)10-19-11-23(36)6-8-28(19)46/h2-4,6,8-11,13-15,25-26,29,31,45-47H,5,7,12,16-17H2,1H3/b18-10-/t25-,26+,29-,31-/m1/s1. The zero-order chi connectivity index (χ0) is 36.5. The van der Waals surface area contributed by atoms with E-state index >= 15 is 0 Å². The van der Waals surface area contributed by atoms with Crippen LogP contribution in [0.1, 0.15) is 41.6 Å². The second-order valence-electron chi connectivity index (χ2n) is 12.0. The molecule has 1 fully saturated rings. The third kappa shape index (κ3) is 7.65. The van der Waals surface area contributed by atoms with Gasteiger partial charge < -0.3 is 20.1 Å². The Morgan fingerprint density at radius 3 is 2.30 bits per heavy atom. The highest BCUT2D eigenvalue weighted by Gasteiger charge is 2.56. The van der Waals surface area contributed by atoms with Crippen molar-refractivity contribution in [2.75, 3.05) is 25.2 Å². The van der Waals surface area contributed by atoms with Crippen LogP contribution in [-0.4, -0.2) is 58.5 Å². The van der Waals surface area contributed by atoms with Crippen LogP contribution in [0.5, 0.6) is 5.75 Å². The van der Waals surface area contributed by atoms with Crippen molar-refractivity contribution in [3.63, 3.8) is 0 Å². The first-order chi connectivity index (χ1) is 23.5. The molecular formula is C35H31BrF6N2O6. The van der Waals surface area contributed by atoms with Crippen LogP contribution in [0.2, 0.25) is 0 Å². The van der Waals surface area contributed by atoms with Crippen LogP contribution in [0, 0.1) is 17.8 Å². The summed E-state index contributed by atoms with van der Waals surface area (Å²) in [7, 11) is 1.35. The smallest absolute Gasteiger partial charge is 0.416 e. The number of phenolic OH excluding ortho intramolecular Hbond substituents is 1. The van der Waals surface area contributed by atoms with Gasteiger partial charge in [0.1, 0.15) is 5.75 Å². The highest BCUT2D eigenvalue weighted by molar-refractivity contribution is 9.10. The minimum absolute atomic E-state index is 0.00201. The molecule has 8 nitrogen and oxygen atoms in total. The number of allylic oxidation sites excluding steroid dienone is 1. The van der Waals surface area contributed by atoms with Gasteiger partial charge in [-0.25, -0.2) is 4.90 Å². The van der Waals surface area contributed by atoms with E-state index in [2.05, 4.69) is 20.9 Å². The molecule has 2 amide bonds. The van der Waals surface area contributed by atoms with Crippen LogP contribution < -0.4 is 4.90 Å². The zero-order valence-corrected chi connectivity index (χ0v) is 27.9. The Morgan fingerprint density at radius 2 is 1.72 bits per heavy atom. The first kappa shape index (κ1) is 37.2. The highest BCUT2D eigenvalue weighted by atomic mass is 79.9. The predicted molar refractivity (Wildman–Crippen MR) is 173 cm³/mol. The molecule has 3 N–H and O–H groups in total. The number of anilines is 1. The molecule has 2 aliphatic rings. The van der Waals surface area contributed by atoms with Crippen LogP contribution in [0.3, 0.4) is 0 Å². The Labute approximate surface area is 290 Å². The van der Waals surface area contributed by atoms with Crippen molar-refractivity contribution in [2.24, 2.45) is 17.8 Å². The van der Waals surface area contributed by atoms with Gasteiger partial charge in [0.15, 0.2) is 0 Å². The van der Waals surface area contributed by atoms with E-state index < -0.39 is 71.4 Å². The van der Waals surface area contributed by atoms with E-state index in [9.17, 15) is 51.3 Å². The normalized spacial score (nSPS) is 20.8. The van der Waals surface area contributed by atoms with Crippen molar-refractivity contribution in [1.29, 1.82) is 0 Å². The maximum atomic E-state index is 13.8. The molecule has 5 rings (SSSR count). The van der Waals surface area contributed by atoms with E-state index in [0.29, 0.717) is 43.9 Å². The van der Waals surface area contributed by atoms with Crippen LogP contribution in [-0.2, 0) is 26.7 Å². The van der Waals surface area contributed by atoms with Gasteiger partial charge in [-0.2, -0.15) is 26.3 Å². The molecule has 15 heteroatoms. The van der Waals surface area contributed by atoms with E-state index in [0.717, 1.165) is 0 Å². The summed E-state index contributed by atoms with van der Waals surface area (Å²) in [6.45, 7) is -0.900. The fraction of sp³-hybridized carbons (Fsp3) is 0.343. The number of carbonyl (C=O) groups excluding carboxylic acids is 2. The maximum Gasteiger partial charge on any atom is 0.416 e. The van der Waals surface area contributed by atoms with Crippen LogP contribution in [0.4, 0.5) is 32.0 Å². The first-order valence-corrected chi connectivity index (χ1v) is 16.1. The average molecular weight is 770 g/mol. The number of nitrogens with zero attached hydrogens (tertiary/aromatic N) is 2. The third-order valence-electron chi connectivity index (χ3n) is 8.89. The molecule has 1 saturated heterocycles. The Morgan fingerprint density at radius 1 is 1.04 bits per heavy atom. The fourth-order valence-electron chi connectivity index (χ4n) is 6.69. The van der Waals surface area contributed by atoms with Gasteiger partial charge in [0.25, 0.3) is 0 Å². The number of ether oxygens (including phenoxy) is 1. The minimum Gasteiger partial charge on any atom is -0.507 e. The molecular weight excluding hydrogens is 738 g/mol. The number of rotatable bonds is 10. The monoisotopic (exact) mass is 768 g/mol. The Bertz CT molecular complexity index is 1800. The molecule has 266 valence electrons. The van der Waals surface area contributed by atoms with Crippen LogP contribution >= 0.6 is 15.9 Å². The zero-order valence-electron chi connectivity index (χ0n) is 26.3. The first-order valence-electron chi connectivity index (χ1n) is 15.3.